The first-order valence-electron chi connectivity index (χ1n) is 8.85. The first-order valence-corrected chi connectivity index (χ1v) is 8.85. The van der Waals surface area contributed by atoms with Gasteiger partial charge in [-0.3, -0.25) is 18.9 Å². The maximum atomic E-state index is 12.9. The van der Waals surface area contributed by atoms with E-state index < -0.39 is 5.97 Å². The van der Waals surface area contributed by atoms with Crippen LogP contribution in [0.4, 0.5) is 0 Å². The predicted molar refractivity (Wildman–Crippen MR) is 95.7 cm³/mol. The molecule has 1 saturated heterocycles. The Labute approximate surface area is 151 Å². The van der Waals surface area contributed by atoms with Crippen LogP contribution in [-0.4, -0.2) is 63.6 Å². The largest absolute Gasteiger partial charge is 0.490 e. The molecule has 0 radical (unpaired) electrons. The van der Waals surface area contributed by atoms with Gasteiger partial charge in [-0.05, 0) is 45.4 Å². The number of amides is 1. The topological polar surface area (TPSA) is 96.2 Å². The number of ether oxygens (including phenoxy) is 1. The minimum Gasteiger partial charge on any atom is -0.490 e. The first kappa shape index (κ1) is 18.2. The van der Waals surface area contributed by atoms with Crippen molar-refractivity contribution in [1.82, 2.24) is 19.6 Å². The lowest BCUT2D eigenvalue weighted by Gasteiger charge is -2.31. The number of piperidine rings is 1. The van der Waals surface area contributed by atoms with Gasteiger partial charge in [-0.1, -0.05) is 0 Å². The minimum absolute atomic E-state index is 0.00126. The zero-order valence-corrected chi connectivity index (χ0v) is 15.1. The fraction of sp³-hybridized carbons (Fsp3) is 0.500. The summed E-state index contributed by atoms with van der Waals surface area (Å²) < 4.78 is 7.33. The SMILES string of the molecule is CCOc1cccn2c(C(=O)N[C@H]3CCCN(CC(=O)O)C3)c(C)nc12. The number of rotatable bonds is 6. The fourth-order valence-electron chi connectivity index (χ4n) is 3.46. The van der Waals surface area contributed by atoms with Crippen LogP contribution in [0.2, 0.25) is 0 Å². The van der Waals surface area contributed by atoms with Crippen molar-refractivity contribution in [3.63, 3.8) is 0 Å². The number of hydrogen-bond donors (Lipinski definition) is 2. The van der Waals surface area contributed by atoms with Crippen molar-refractivity contribution in [2.45, 2.75) is 32.7 Å². The Bertz CT molecular complexity index is 817. The quantitative estimate of drug-likeness (QED) is 0.807. The molecule has 8 heteroatoms. The Morgan fingerprint density at radius 3 is 3.00 bits per heavy atom. The van der Waals surface area contributed by atoms with Gasteiger partial charge < -0.3 is 15.2 Å². The smallest absolute Gasteiger partial charge is 0.317 e. The summed E-state index contributed by atoms with van der Waals surface area (Å²) in [5.74, 6) is -0.411. The molecular formula is C18H24N4O4. The summed E-state index contributed by atoms with van der Waals surface area (Å²) in [6, 6.07) is 3.58. The van der Waals surface area contributed by atoms with Gasteiger partial charge >= 0.3 is 5.97 Å². The monoisotopic (exact) mass is 360 g/mol. The van der Waals surface area contributed by atoms with E-state index in [2.05, 4.69) is 10.3 Å². The highest BCUT2D eigenvalue weighted by Crippen LogP contribution is 2.22. The summed E-state index contributed by atoms with van der Waals surface area (Å²) in [5.41, 5.74) is 1.73. The maximum Gasteiger partial charge on any atom is 0.317 e. The second-order valence-corrected chi connectivity index (χ2v) is 6.49. The lowest BCUT2D eigenvalue weighted by Crippen LogP contribution is -2.49. The molecule has 1 aliphatic heterocycles. The number of nitrogens with zero attached hydrogens (tertiary/aromatic N) is 3. The molecule has 0 bridgehead atoms. The van der Waals surface area contributed by atoms with Gasteiger partial charge in [0.2, 0.25) is 0 Å². The molecule has 2 N–H and O–H groups in total. The van der Waals surface area contributed by atoms with Crippen molar-refractivity contribution < 1.29 is 19.4 Å². The molecule has 1 amide bonds. The molecule has 0 aromatic carbocycles. The number of likely N-dealkylation sites (tertiary alicyclic amines) is 1. The third-order valence-corrected chi connectivity index (χ3v) is 4.50. The van der Waals surface area contributed by atoms with E-state index in [-0.39, 0.29) is 18.5 Å². The Morgan fingerprint density at radius 2 is 2.27 bits per heavy atom. The molecule has 3 heterocycles. The fourth-order valence-corrected chi connectivity index (χ4v) is 3.46. The predicted octanol–water partition coefficient (Wildman–Crippen LogP) is 1.32. The van der Waals surface area contributed by atoms with Crippen LogP contribution in [0.3, 0.4) is 0 Å². The van der Waals surface area contributed by atoms with E-state index in [0.29, 0.717) is 35.9 Å². The number of aliphatic carboxylic acids is 1. The second kappa shape index (κ2) is 7.74. The van der Waals surface area contributed by atoms with E-state index in [4.69, 9.17) is 9.84 Å². The Morgan fingerprint density at radius 1 is 1.46 bits per heavy atom. The van der Waals surface area contributed by atoms with Gasteiger partial charge in [0.1, 0.15) is 5.69 Å². The molecule has 0 saturated carbocycles. The molecule has 0 aliphatic carbocycles. The number of pyridine rings is 1. The third kappa shape index (κ3) is 3.80. The molecule has 0 unspecified atom stereocenters. The third-order valence-electron chi connectivity index (χ3n) is 4.50. The summed E-state index contributed by atoms with van der Waals surface area (Å²) in [4.78, 5) is 30.1. The molecule has 0 spiro atoms. The standard InChI is InChI=1S/C18H24N4O4/c1-3-26-14-7-5-9-22-16(12(2)19-17(14)22)18(25)20-13-6-4-8-21(10-13)11-15(23)24/h5,7,9,13H,3-4,6,8,10-11H2,1-2H3,(H,20,25)(H,23,24)/t13-/m0/s1. The Kier molecular flexibility index (Phi) is 5.41. The van der Waals surface area contributed by atoms with Crippen molar-refractivity contribution in [3.8, 4) is 5.75 Å². The zero-order chi connectivity index (χ0) is 18.7. The van der Waals surface area contributed by atoms with E-state index in [1.165, 1.54) is 0 Å². The van der Waals surface area contributed by atoms with Gasteiger partial charge in [0, 0.05) is 18.8 Å². The number of imidazole rings is 1. The molecule has 3 rings (SSSR count). The summed E-state index contributed by atoms with van der Waals surface area (Å²) in [5, 5.41) is 12.0. The van der Waals surface area contributed by atoms with Gasteiger partial charge in [0.05, 0.1) is 18.8 Å². The summed E-state index contributed by atoms with van der Waals surface area (Å²) in [7, 11) is 0. The lowest BCUT2D eigenvalue weighted by molar-refractivity contribution is -0.138. The van der Waals surface area contributed by atoms with Crippen molar-refractivity contribution in [2.24, 2.45) is 0 Å². The Balaban J connectivity index is 1.78. The van der Waals surface area contributed by atoms with E-state index in [1.54, 1.807) is 17.5 Å². The molecule has 2 aromatic rings. The molecule has 2 aromatic heterocycles. The van der Waals surface area contributed by atoms with E-state index in [0.717, 1.165) is 19.4 Å². The maximum absolute atomic E-state index is 12.9. The van der Waals surface area contributed by atoms with Crippen molar-refractivity contribution >= 4 is 17.5 Å². The van der Waals surface area contributed by atoms with Crippen molar-refractivity contribution in [2.75, 3.05) is 26.2 Å². The molecular weight excluding hydrogens is 336 g/mol. The number of aryl methyl sites for hydroxylation is 1. The van der Waals surface area contributed by atoms with Gasteiger partial charge in [-0.15, -0.1) is 0 Å². The van der Waals surface area contributed by atoms with Crippen LogP contribution in [-0.2, 0) is 4.79 Å². The van der Waals surface area contributed by atoms with Crippen LogP contribution >= 0.6 is 0 Å². The van der Waals surface area contributed by atoms with Crippen molar-refractivity contribution in [1.29, 1.82) is 0 Å². The normalized spacial score (nSPS) is 18.0. The van der Waals surface area contributed by atoms with E-state index in [1.807, 2.05) is 24.0 Å². The number of hydrogen-bond acceptors (Lipinski definition) is 5. The molecule has 1 aliphatic rings. The lowest BCUT2D eigenvalue weighted by atomic mass is 10.1. The van der Waals surface area contributed by atoms with Crippen LogP contribution in [0.1, 0.15) is 35.9 Å². The molecule has 1 fully saturated rings. The number of nitrogens with one attached hydrogen (secondary N) is 1. The number of carbonyl (C=O) groups is 2. The van der Waals surface area contributed by atoms with Crippen LogP contribution in [0.5, 0.6) is 5.75 Å². The van der Waals surface area contributed by atoms with Gasteiger partial charge in [-0.2, -0.15) is 0 Å². The van der Waals surface area contributed by atoms with Crippen LogP contribution in [0.15, 0.2) is 18.3 Å². The van der Waals surface area contributed by atoms with Crippen LogP contribution in [0.25, 0.3) is 5.65 Å². The van der Waals surface area contributed by atoms with Gasteiger partial charge in [0.15, 0.2) is 11.4 Å². The number of carboxylic acid groups (broad SMARTS) is 1. The Hall–Kier alpha value is -2.61. The number of carboxylic acids is 1. The minimum atomic E-state index is -0.849. The average molecular weight is 360 g/mol. The molecule has 8 nitrogen and oxygen atoms in total. The van der Waals surface area contributed by atoms with Gasteiger partial charge in [0.25, 0.3) is 5.91 Å². The molecule has 26 heavy (non-hydrogen) atoms. The summed E-state index contributed by atoms with van der Waals surface area (Å²) in [6.45, 7) is 5.50. The van der Waals surface area contributed by atoms with Crippen LogP contribution < -0.4 is 10.1 Å². The highest BCUT2D eigenvalue weighted by atomic mass is 16.5. The average Bonchev–Trinajstić information content (AvgIpc) is 2.92. The zero-order valence-electron chi connectivity index (χ0n) is 15.1. The number of aromatic nitrogens is 2. The number of fused-ring (bicyclic) bond motifs is 1. The first-order chi connectivity index (χ1) is 12.5. The summed E-state index contributed by atoms with van der Waals surface area (Å²) >= 11 is 0. The summed E-state index contributed by atoms with van der Waals surface area (Å²) in [6.07, 6.45) is 3.49. The van der Waals surface area contributed by atoms with Crippen LogP contribution in [0, 0.1) is 6.92 Å². The highest BCUT2D eigenvalue weighted by Gasteiger charge is 2.25. The molecule has 1 atom stereocenters. The molecule has 140 valence electrons. The van der Waals surface area contributed by atoms with E-state index >= 15 is 0 Å². The van der Waals surface area contributed by atoms with Crippen molar-refractivity contribution in [3.05, 3.63) is 29.7 Å². The second-order valence-electron chi connectivity index (χ2n) is 6.49. The number of carbonyl (C=O) groups excluding carboxylic acids is 1. The van der Waals surface area contributed by atoms with E-state index in [9.17, 15) is 9.59 Å². The van der Waals surface area contributed by atoms with Gasteiger partial charge in [-0.25, -0.2) is 4.98 Å². The highest BCUT2D eigenvalue weighted by molar-refractivity contribution is 5.95.